The first kappa shape index (κ1) is 9.52. The third-order valence-electron chi connectivity index (χ3n) is 2.32. The van der Waals surface area contributed by atoms with E-state index in [0.717, 1.165) is 5.82 Å². The van der Waals surface area contributed by atoms with Crippen LogP contribution in [0.5, 0.6) is 0 Å². The molecular weight excluding hydrogens is 298 g/mol. The van der Waals surface area contributed by atoms with Crippen molar-refractivity contribution in [3.8, 4) is 0 Å². The lowest BCUT2D eigenvalue weighted by Gasteiger charge is -2.06. The Morgan fingerprint density at radius 1 is 0.923 bits per heavy atom. The van der Waals surface area contributed by atoms with Gasteiger partial charge in [0.1, 0.15) is 5.82 Å². The molecule has 1 saturated carbocycles. The van der Waals surface area contributed by atoms with Crippen molar-refractivity contribution >= 4 is 31.9 Å². The summed E-state index contributed by atoms with van der Waals surface area (Å²) in [6.45, 7) is 0. The van der Waals surface area contributed by atoms with E-state index >= 15 is 0 Å². The Morgan fingerprint density at radius 3 is 2.00 bits per heavy atom. The molecule has 1 aromatic rings. The SMILES string of the molecule is Brc1nc(Br)nc(C2CCCC2)n1. The van der Waals surface area contributed by atoms with E-state index in [4.69, 9.17) is 0 Å². The van der Waals surface area contributed by atoms with Crippen LogP contribution in [0.25, 0.3) is 0 Å². The van der Waals surface area contributed by atoms with Crippen molar-refractivity contribution in [3.05, 3.63) is 15.3 Å². The van der Waals surface area contributed by atoms with Gasteiger partial charge in [-0.25, -0.2) is 9.97 Å². The molecular formula is C8H9Br2N3. The summed E-state index contributed by atoms with van der Waals surface area (Å²) in [6, 6.07) is 0. The van der Waals surface area contributed by atoms with Crippen LogP contribution in [0.3, 0.4) is 0 Å². The summed E-state index contributed by atoms with van der Waals surface area (Å²) in [5.41, 5.74) is 0. The molecule has 1 aliphatic carbocycles. The van der Waals surface area contributed by atoms with Crippen LogP contribution in [0.2, 0.25) is 0 Å². The molecule has 0 unspecified atom stereocenters. The average molecular weight is 307 g/mol. The van der Waals surface area contributed by atoms with E-state index < -0.39 is 0 Å². The molecule has 3 nitrogen and oxygen atoms in total. The summed E-state index contributed by atoms with van der Waals surface area (Å²) in [5.74, 6) is 1.46. The van der Waals surface area contributed by atoms with Crippen LogP contribution in [0, 0.1) is 0 Å². The normalized spacial score (nSPS) is 18.0. The molecule has 0 bridgehead atoms. The minimum atomic E-state index is 0.538. The minimum absolute atomic E-state index is 0.538. The molecule has 0 amide bonds. The van der Waals surface area contributed by atoms with Crippen molar-refractivity contribution in [2.24, 2.45) is 0 Å². The summed E-state index contributed by atoms with van der Waals surface area (Å²) in [4.78, 5) is 12.6. The third-order valence-corrected chi connectivity index (χ3v) is 3.03. The van der Waals surface area contributed by atoms with Gasteiger partial charge in [0.05, 0.1) is 0 Å². The van der Waals surface area contributed by atoms with Crippen LogP contribution in [0.4, 0.5) is 0 Å². The number of hydrogen-bond acceptors (Lipinski definition) is 3. The van der Waals surface area contributed by atoms with Crippen molar-refractivity contribution in [3.63, 3.8) is 0 Å². The summed E-state index contributed by atoms with van der Waals surface area (Å²) in [5, 5.41) is 0. The van der Waals surface area contributed by atoms with Gasteiger partial charge in [0, 0.05) is 5.92 Å². The second-order valence-corrected chi connectivity index (χ2v) is 4.63. The first-order chi connectivity index (χ1) is 6.25. The van der Waals surface area contributed by atoms with Gasteiger partial charge in [-0.05, 0) is 44.7 Å². The second-order valence-electron chi connectivity index (χ2n) is 3.21. The lowest BCUT2D eigenvalue weighted by Crippen LogP contribution is -2.02. The van der Waals surface area contributed by atoms with Gasteiger partial charge < -0.3 is 0 Å². The van der Waals surface area contributed by atoms with Gasteiger partial charge in [0.2, 0.25) is 9.47 Å². The van der Waals surface area contributed by atoms with Crippen LogP contribution in [-0.4, -0.2) is 15.0 Å². The van der Waals surface area contributed by atoms with Gasteiger partial charge in [-0.1, -0.05) is 12.8 Å². The summed E-state index contributed by atoms with van der Waals surface area (Å²) in [6.07, 6.45) is 5.02. The van der Waals surface area contributed by atoms with Crippen LogP contribution < -0.4 is 0 Å². The number of rotatable bonds is 1. The van der Waals surface area contributed by atoms with Gasteiger partial charge in [0.15, 0.2) is 0 Å². The molecule has 2 rings (SSSR count). The van der Waals surface area contributed by atoms with Crippen LogP contribution in [0.1, 0.15) is 37.4 Å². The maximum atomic E-state index is 4.28. The number of nitrogens with zero attached hydrogens (tertiary/aromatic N) is 3. The molecule has 70 valence electrons. The molecule has 1 aromatic heterocycles. The molecule has 0 saturated heterocycles. The van der Waals surface area contributed by atoms with E-state index in [2.05, 4.69) is 46.8 Å². The maximum Gasteiger partial charge on any atom is 0.200 e. The van der Waals surface area contributed by atoms with E-state index in [0.29, 0.717) is 15.4 Å². The maximum absolute atomic E-state index is 4.28. The highest BCUT2D eigenvalue weighted by Crippen LogP contribution is 2.32. The molecule has 0 aliphatic heterocycles. The van der Waals surface area contributed by atoms with E-state index in [1.54, 1.807) is 0 Å². The molecule has 0 aromatic carbocycles. The highest BCUT2D eigenvalue weighted by Gasteiger charge is 2.20. The Hall–Kier alpha value is -0.0300. The molecule has 0 atom stereocenters. The van der Waals surface area contributed by atoms with E-state index in [1.165, 1.54) is 25.7 Å². The lowest BCUT2D eigenvalue weighted by atomic mass is 10.1. The quantitative estimate of drug-likeness (QED) is 0.800. The topological polar surface area (TPSA) is 38.7 Å². The molecule has 0 spiro atoms. The van der Waals surface area contributed by atoms with E-state index in [1.807, 2.05) is 0 Å². The zero-order valence-corrected chi connectivity index (χ0v) is 10.2. The molecule has 13 heavy (non-hydrogen) atoms. The molecule has 5 heteroatoms. The minimum Gasteiger partial charge on any atom is -0.207 e. The highest BCUT2D eigenvalue weighted by molar-refractivity contribution is 9.11. The Bertz CT molecular complexity index is 290. The van der Waals surface area contributed by atoms with E-state index in [9.17, 15) is 0 Å². The van der Waals surface area contributed by atoms with Gasteiger partial charge in [-0.15, -0.1) is 0 Å². The van der Waals surface area contributed by atoms with Gasteiger partial charge in [-0.3, -0.25) is 0 Å². The Balaban J connectivity index is 2.28. The summed E-state index contributed by atoms with van der Waals surface area (Å²) < 4.78 is 1.24. The van der Waals surface area contributed by atoms with Gasteiger partial charge in [-0.2, -0.15) is 4.98 Å². The predicted molar refractivity (Wildman–Crippen MR) is 56.4 cm³/mol. The fraction of sp³-hybridized carbons (Fsp3) is 0.625. The average Bonchev–Trinajstić information content (AvgIpc) is 2.53. The third kappa shape index (κ3) is 2.26. The lowest BCUT2D eigenvalue weighted by molar-refractivity contribution is 0.652. The largest absolute Gasteiger partial charge is 0.207 e. The Kier molecular flexibility index (Phi) is 2.93. The fourth-order valence-electron chi connectivity index (χ4n) is 1.71. The van der Waals surface area contributed by atoms with Crippen molar-refractivity contribution in [2.75, 3.05) is 0 Å². The highest BCUT2D eigenvalue weighted by atomic mass is 79.9. The van der Waals surface area contributed by atoms with Crippen molar-refractivity contribution in [1.82, 2.24) is 15.0 Å². The Labute approximate surface area is 93.6 Å². The van der Waals surface area contributed by atoms with Gasteiger partial charge >= 0.3 is 0 Å². The fourth-order valence-corrected chi connectivity index (χ4v) is 2.64. The molecule has 0 N–H and O–H groups in total. The summed E-state index contributed by atoms with van der Waals surface area (Å²) >= 11 is 6.54. The first-order valence-corrected chi connectivity index (χ1v) is 5.91. The van der Waals surface area contributed by atoms with Crippen molar-refractivity contribution in [1.29, 1.82) is 0 Å². The zero-order valence-electron chi connectivity index (χ0n) is 7.00. The molecule has 1 aliphatic rings. The number of halogens is 2. The molecule has 1 heterocycles. The van der Waals surface area contributed by atoms with E-state index in [-0.39, 0.29) is 0 Å². The number of aromatic nitrogens is 3. The number of hydrogen-bond donors (Lipinski definition) is 0. The molecule has 0 radical (unpaired) electrons. The second kappa shape index (κ2) is 4.00. The van der Waals surface area contributed by atoms with Crippen molar-refractivity contribution < 1.29 is 0 Å². The Morgan fingerprint density at radius 2 is 1.46 bits per heavy atom. The van der Waals surface area contributed by atoms with Crippen molar-refractivity contribution in [2.45, 2.75) is 31.6 Å². The van der Waals surface area contributed by atoms with Crippen LogP contribution in [-0.2, 0) is 0 Å². The molecule has 1 fully saturated rings. The first-order valence-electron chi connectivity index (χ1n) is 4.32. The predicted octanol–water partition coefficient (Wildman–Crippen LogP) is 3.05. The van der Waals surface area contributed by atoms with Crippen LogP contribution in [0.15, 0.2) is 9.47 Å². The van der Waals surface area contributed by atoms with Gasteiger partial charge in [0.25, 0.3) is 0 Å². The summed E-state index contributed by atoms with van der Waals surface area (Å²) in [7, 11) is 0. The zero-order chi connectivity index (χ0) is 9.26. The smallest absolute Gasteiger partial charge is 0.200 e. The monoisotopic (exact) mass is 305 g/mol. The van der Waals surface area contributed by atoms with Crippen LogP contribution >= 0.6 is 31.9 Å². The standard InChI is InChI=1S/C8H9Br2N3/c9-7-11-6(12-8(10)13-7)5-3-1-2-4-5/h5H,1-4H2.